The van der Waals surface area contributed by atoms with E-state index in [9.17, 15) is 10.1 Å². The lowest BCUT2D eigenvalue weighted by Gasteiger charge is -2.04. The van der Waals surface area contributed by atoms with Gasteiger partial charge in [-0.05, 0) is 18.6 Å². The first-order chi connectivity index (χ1) is 6.06. The fourth-order valence-corrected chi connectivity index (χ4v) is 1.33. The Hall–Kier alpha value is -1.33. The maximum Gasteiger partial charge on any atom is 0.295 e. The molecule has 1 rings (SSSR count). The second-order valence-corrected chi connectivity index (χ2v) is 2.95. The van der Waals surface area contributed by atoms with E-state index in [-0.39, 0.29) is 16.4 Å². The highest BCUT2D eigenvalue weighted by Crippen LogP contribution is 2.32. The van der Waals surface area contributed by atoms with Gasteiger partial charge in [0.05, 0.1) is 9.95 Å². The number of nitro benzene ring substituents is 1. The van der Waals surface area contributed by atoms with Gasteiger partial charge in [-0.3, -0.25) is 16.0 Å². The van der Waals surface area contributed by atoms with Crippen LogP contribution in [0.2, 0.25) is 5.02 Å². The number of nitrogen functional groups attached to an aromatic ring is 1. The Morgan fingerprint density at radius 1 is 1.62 bits per heavy atom. The standard InChI is InChI=1S/C7H8ClN3O2/c1-4-2-5(8)7(10-9)6(3-4)11(12)13/h2-3,10H,9H2,1H3. The van der Waals surface area contributed by atoms with Crippen molar-refractivity contribution in [2.24, 2.45) is 5.84 Å². The van der Waals surface area contributed by atoms with Crippen LogP contribution in [0, 0.1) is 17.0 Å². The van der Waals surface area contributed by atoms with Gasteiger partial charge in [0, 0.05) is 6.07 Å². The summed E-state index contributed by atoms with van der Waals surface area (Å²) in [5.41, 5.74) is 2.94. The van der Waals surface area contributed by atoms with Crippen molar-refractivity contribution < 1.29 is 4.92 Å². The van der Waals surface area contributed by atoms with Crippen LogP contribution in [0.15, 0.2) is 12.1 Å². The molecule has 0 aliphatic rings. The zero-order chi connectivity index (χ0) is 10.0. The van der Waals surface area contributed by atoms with E-state index in [1.807, 2.05) is 0 Å². The molecule has 13 heavy (non-hydrogen) atoms. The molecule has 0 amide bonds. The Bertz CT molecular complexity index is 354. The van der Waals surface area contributed by atoms with Crippen LogP contribution in [0.5, 0.6) is 0 Å². The molecule has 1 aromatic carbocycles. The Morgan fingerprint density at radius 2 is 2.23 bits per heavy atom. The van der Waals surface area contributed by atoms with Crippen molar-refractivity contribution >= 4 is 23.0 Å². The van der Waals surface area contributed by atoms with Crippen LogP contribution in [0.1, 0.15) is 5.56 Å². The Labute approximate surface area is 79.6 Å². The number of nitrogens with one attached hydrogen (secondary N) is 1. The van der Waals surface area contributed by atoms with E-state index in [0.717, 1.165) is 5.56 Å². The molecule has 70 valence electrons. The summed E-state index contributed by atoms with van der Waals surface area (Å²) in [5, 5.41) is 10.8. The summed E-state index contributed by atoms with van der Waals surface area (Å²) < 4.78 is 0. The van der Waals surface area contributed by atoms with Crippen molar-refractivity contribution in [3.8, 4) is 0 Å². The van der Waals surface area contributed by atoms with Crippen LogP contribution in [-0.2, 0) is 0 Å². The number of hydrogen-bond acceptors (Lipinski definition) is 4. The van der Waals surface area contributed by atoms with Gasteiger partial charge in [0.15, 0.2) is 0 Å². The summed E-state index contributed by atoms with van der Waals surface area (Å²) in [6.45, 7) is 1.72. The maximum absolute atomic E-state index is 10.5. The molecule has 0 saturated carbocycles. The van der Waals surface area contributed by atoms with Crippen LogP contribution in [0.25, 0.3) is 0 Å². The molecule has 0 spiro atoms. The minimum Gasteiger partial charge on any atom is -0.317 e. The summed E-state index contributed by atoms with van der Waals surface area (Å²) in [6, 6.07) is 3.00. The van der Waals surface area contributed by atoms with Crippen LogP contribution >= 0.6 is 11.6 Å². The highest BCUT2D eigenvalue weighted by molar-refractivity contribution is 6.33. The molecule has 1 aromatic rings. The van der Waals surface area contributed by atoms with Gasteiger partial charge in [0.1, 0.15) is 5.69 Å². The van der Waals surface area contributed by atoms with Crippen molar-refractivity contribution in [2.45, 2.75) is 6.92 Å². The van der Waals surface area contributed by atoms with Gasteiger partial charge in [0.2, 0.25) is 0 Å². The first-order valence-corrected chi connectivity index (χ1v) is 3.85. The van der Waals surface area contributed by atoms with Crippen LogP contribution in [0.3, 0.4) is 0 Å². The number of rotatable bonds is 2. The molecule has 0 saturated heterocycles. The van der Waals surface area contributed by atoms with Crippen molar-refractivity contribution in [1.82, 2.24) is 0 Å². The van der Waals surface area contributed by atoms with Gasteiger partial charge >= 0.3 is 0 Å². The molecule has 5 nitrogen and oxygen atoms in total. The first-order valence-electron chi connectivity index (χ1n) is 3.47. The van der Waals surface area contributed by atoms with Crippen molar-refractivity contribution in [3.05, 3.63) is 32.8 Å². The molecule has 0 fully saturated rings. The Kier molecular flexibility index (Phi) is 2.69. The van der Waals surface area contributed by atoms with Crippen molar-refractivity contribution in [1.29, 1.82) is 0 Å². The predicted molar refractivity (Wildman–Crippen MR) is 50.7 cm³/mol. The van der Waals surface area contributed by atoms with Crippen LogP contribution in [0.4, 0.5) is 11.4 Å². The number of hydrazine groups is 1. The van der Waals surface area contributed by atoms with Crippen LogP contribution < -0.4 is 11.3 Å². The summed E-state index contributed by atoms with van der Waals surface area (Å²) >= 11 is 5.73. The third kappa shape index (κ3) is 1.88. The predicted octanol–water partition coefficient (Wildman–Crippen LogP) is 1.84. The summed E-state index contributed by atoms with van der Waals surface area (Å²) in [5.74, 6) is 5.10. The van der Waals surface area contributed by atoms with Gasteiger partial charge in [-0.1, -0.05) is 11.6 Å². The van der Waals surface area contributed by atoms with E-state index in [0.29, 0.717) is 0 Å². The second-order valence-electron chi connectivity index (χ2n) is 2.54. The molecule has 0 radical (unpaired) electrons. The Morgan fingerprint density at radius 3 is 2.69 bits per heavy atom. The summed E-state index contributed by atoms with van der Waals surface area (Å²) in [7, 11) is 0. The lowest BCUT2D eigenvalue weighted by Crippen LogP contribution is -2.09. The molecule has 0 atom stereocenters. The number of aryl methyl sites for hydroxylation is 1. The molecule has 3 N–H and O–H groups in total. The number of benzene rings is 1. The highest BCUT2D eigenvalue weighted by Gasteiger charge is 2.16. The van der Waals surface area contributed by atoms with E-state index in [2.05, 4.69) is 5.43 Å². The van der Waals surface area contributed by atoms with E-state index in [4.69, 9.17) is 17.4 Å². The summed E-state index contributed by atoms with van der Waals surface area (Å²) in [4.78, 5) is 10.0. The molecular formula is C7H8ClN3O2. The molecular weight excluding hydrogens is 194 g/mol. The topological polar surface area (TPSA) is 81.2 Å². The first kappa shape index (κ1) is 9.76. The average molecular weight is 202 g/mol. The van der Waals surface area contributed by atoms with E-state index in [1.54, 1.807) is 13.0 Å². The van der Waals surface area contributed by atoms with Crippen molar-refractivity contribution in [3.63, 3.8) is 0 Å². The van der Waals surface area contributed by atoms with Gasteiger partial charge in [-0.15, -0.1) is 0 Å². The fraction of sp³-hybridized carbons (Fsp3) is 0.143. The van der Waals surface area contributed by atoms with Gasteiger partial charge < -0.3 is 5.43 Å². The molecule has 0 aromatic heterocycles. The lowest BCUT2D eigenvalue weighted by atomic mass is 10.2. The number of nitrogens with two attached hydrogens (primary N) is 1. The molecule has 0 aliphatic heterocycles. The smallest absolute Gasteiger partial charge is 0.295 e. The van der Waals surface area contributed by atoms with Gasteiger partial charge in [0.25, 0.3) is 5.69 Å². The zero-order valence-electron chi connectivity index (χ0n) is 6.87. The Balaban J connectivity index is 3.38. The number of nitrogens with zero attached hydrogens (tertiary/aromatic N) is 1. The number of hydrogen-bond donors (Lipinski definition) is 2. The summed E-state index contributed by atoms with van der Waals surface area (Å²) in [6.07, 6.45) is 0. The number of halogens is 1. The van der Waals surface area contributed by atoms with E-state index < -0.39 is 4.92 Å². The third-order valence-corrected chi connectivity index (χ3v) is 1.85. The van der Waals surface area contributed by atoms with Gasteiger partial charge in [-0.25, -0.2) is 0 Å². The SMILES string of the molecule is Cc1cc(Cl)c(NN)c([N+](=O)[O-])c1. The zero-order valence-corrected chi connectivity index (χ0v) is 7.63. The molecule has 0 unspecified atom stereocenters. The van der Waals surface area contributed by atoms with Crippen molar-refractivity contribution in [2.75, 3.05) is 5.43 Å². The maximum atomic E-state index is 10.5. The minimum absolute atomic E-state index is 0.118. The molecule has 6 heteroatoms. The molecule has 0 heterocycles. The normalized spacial score (nSPS) is 9.77. The largest absolute Gasteiger partial charge is 0.317 e. The monoisotopic (exact) mass is 201 g/mol. The number of nitro groups is 1. The average Bonchev–Trinajstić information content (AvgIpc) is 2.02. The third-order valence-electron chi connectivity index (χ3n) is 1.55. The van der Waals surface area contributed by atoms with Crippen LogP contribution in [-0.4, -0.2) is 4.92 Å². The number of anilines is 1. The molecule has 0 aliphatic carbocycles. The molecule has 0 bridgehead atoms. The highest BCUT2D eigenvalue weighted by atomic mass is 35.5. The quantitative estimate of drug-likeness (QED) is 0.435. The fourth-order valence-electron chi connectivity index (χ4n) is 1.01. The minimum atomic E-state index is -0.534. The van der Waals surface area contributed by atoms with E-state index in [1.165, 1.54) is 6.07 Å². The lowest BCUT2D eigenvalue weighted by molar-refractivity contribution is -0.384. The van der Waals surface area contributed by atoms with E-state index >= 15 is 0 Å². The van der Waals surface area contributed by atoms with Gasteiger partial charge in [-0.2, -0.15) is 0 Å². The second kappa shape index (κ2) is 3.59.